The van der Waals surface area contributed by atoms with Crippen molar-refractivity contribution in [3.63, 3.8) is 0 Å². The highest BCUT2D eigenvalue weighted by molar-refractivity contribution is 5.95. The van der Waals surface area contributed by atoms with Crippen molar-refractivity contribution >= 4 is 11.9 Å². The molecule has 37 heavy (non-hydrogen) atoms. The number of imidazole rings is 1. The van der Waals surface area contributed by atoms with Crippen LogP contribution < -0.4 is 5.32 Å². The number of methoxy groups -OCH3 is 1. The number of hydrogen-bond acceptors (Lipinski definition) is 4. The summed E-state index contributed by atoms with van der Waals surface area (Å²) >= 11 is 0. The molecule has 0 spiro atoms. The van der Waals surface area contributed by atoms with E-state index in [1.165, 1.54) is 26.4 Å². The zero-order valence-corrected chi connectivity index (χ0v) is 21.7. The standard InChI is InChI=1S/C31H35N3O3/c1-19-6-3-4-9-25(19)28-32-26(11-10-20-7-5-8-24(15-20)30(36)37-2)27(33-28)29(35)34-31-16-21-12-22(17-31)14-23(13-21)18-31/h3-9,15,21-23H,10-14,16-18H2,1-2H3,(H,32,33)(H,34,35). The van der Waals surface area contributed by atoms with Gasteiger partial charge < -0.3 is 15.0 Å². The van der Waals surface area contributed by atoms with Crippen LogP contribution in [0.3, 0.4) is 0 Å². The minimum absolute atomic E-state index is 0.0346. The number of nitrogens with zero attached hydrogens (tertiary/aromatic N) is 1. The Morgan fingerprint density at radius 2 is 1.70 bits per heavy atom. The van der Waals surface area contributed by atoms with Crippen molar-refractivity contribution in [2.45, 2.75) is 63.8 Å². The molecule has 7 rings (SSSR count). The second-order valence-electron chi connectivity index (χ2n) is 11.6. The first-order chi connectivity index (χ1) is 17.9. The zero-order valence-electron chi connectivity index (χ0n) is 21.7. The number of esters is 1. The van der Waals surface area contributed by atoms with Crippen LogP contribution in [0.5, 0.6) is 0 Å². The van der Waals surface area contributed by atoms with E-state index in [4.69, 9.17) is 9.72 Å². The fourth-order valence-electron chi connectivity index (χ4n) is 7.55. The highest BCUT2D eigenvalue weighted by Gasteiger charge is 2.51. The van der Waals surface area contributed by atoms with Crippen LogP contribution in [0.25, 0.3) is 11.4 Å². The van der Waals surface area contributed by atoms with Gasteiger partial charge in [-0.1, -0.05) is 36.4 Å². The highest BCUT2D eigenvalue weighted by Crippen LogP contribution is 2.55. The lowest BCUT2D eigenvalue weighted by Gasteiger charge is -2.56. The number of hydrogen-bond donors (Lipinski definition) is 2. The first-order valence-electron chi connectivity index (χ1n) is 13.6. The van der Waals surface area contributed by atoms with Gasteiger partial charge in [0.15, 0.2) is 0 Å². The number of carbonyl (C=O) groups excluding carboxylic acids is 2. The van der Waals surface area contributed by atoms with Crippen LogP contribution in [0.2, 0.25) is 0 Å². The number of benzene rings is 2. The van der Waals surface area contributed by atoms with Crippen molar-refractivity contribution in [1.82, 2.24) is 15.3 Å². The minimum Gasteiger partial charge on any atom is -0.465 e. The van der Waals surface area contributed by atoms with Crippen molar-refractivity contribution in [3.05, 3.63) is 76.6 Å². The second-order valence-corrected chi connectivity index (χ2v) is 11.6. The predicted octanol–water partition coefficient (Wildman–Crippen LogP) is 5.66. The van der Waals surface area contributed by atoms with Crippen molar-refractivity contribution in [3.8, 4) is 11.4 Å². The summed E-state index contributed by atoms with van der Waals surface area (Å²) in [4.78, 5) is 34.2. The molecule has 4 fully saturated rings. The maximum Gasteiger partial charge on any atom is 0.337 e. The van der Waals surface area contributed by atoms with Gasteiger partial charge in [-0.25, -0.2) is 9.78 Å². The van der Waals surface area contributed by atoms with E-state index in [2.05, 4.69) is 23.3 Å². The Kier molecular flexibility index (Phi) is 6.13. The maximum atomic E-state index is 13.8. The zero-order chi connectivity index (χ0) is 25.6. The Labute approximate surface area is 218 Å². The van der Waals surface area contributed by atoms with Gasteiger partial charge in [0.2, 0.25) is 0 Å². The molecule has 0 aliphatic heterocycles. The average molecular weight is 498 g/mol. The summed E-state index contributed by atoms with van der Waals surface area (Å²) < 4.78 is 4.87. The molecule has 1 aromatic heterocycles. The van der Waals surface area contributed by atoms with Crippen LogP contribution in [-0.2, 0) is 17.6 Å². The molecule has 0 unspecified atom stereocenters. The van der Waals surface area contributed by atoms with E-state index in [1.54, 1.807) is 6.07 Å². The van der Waals surface area contributed by atoms with Crippen LogP contribution in [0, 0.1) is 24.7 Å². The molecular weight excluding hydrogens is 462 g/mol. The maximum absolute atomic E-state index is 13.8. The quantitative estimate of drug-likeness (QED) is 0.413. The number of aryl methyl sites for hydroxylation is 3. The Hall–Kier alpha value is -3.41. The Morgan fingerprint density at radius 1 is 1.00 bits per heavy atom. The van der Waals surface area contributed by atoms with E-state index in [-0.39, 0.29) is 17.4 Å². The van der Waals surface area contributed by atoms with Crippen LogP contribution >= 0.6 is 0 Å². The van der Waals surface area contributed by atoms with Crippen molar-refractivity contribution < 1.29 is 14.3 Å². The predicted molar refractivity (Wildman–Crippen MR) is 142 cm³/mol. The van der Waals surface area contributed by atoms with E-state index in [9.17, 15) is 9.59 Å². The van der Waals surface area contributed by atoms with E-state index >= 15 is 0 Å². The van der Waals surface area contributed by atoms with Gasteiger partial charge in [-0.05, 0) is 99.3 Å². The highest BCUT2D eigenvalue weighted by atomic mass is 16.5. The van der Waals surface area contributed by atoms with Crippen LogP contribution in [0.1, 0.15) is 76.2 Å². The minimum atomic E-state index is -0.348. The average Bonchev–Trinajstić information content (AvgIpc) is 3.30. The number of aromatic nitrogens is 2. The molecular formula is C31H35N3O3. The molecule has 2 aromatic carbocycles. The van der Waals surface area contributed by atoms with Gasteiger partial charge in [0, 0.05) is 11.1 Å². The first-order valence-corrected chi connectivity index (χ1v) is 13.6. The summed E-state index contributed by atoms with van der Waals surface area (Å²) in [6.07, 6.45) is 8.61. The molecule has 1 amide bonds. The molecule has 4 aliphatic rings. The number of nitrogens with one attached hydrogen (secondary N) is 2. The van der Waals surface area contributed by atoms with Crippen LogP contribution in [-0.4, -0.2) is 34.5 Å². The van der Waals surface area contributed by atoms with Crippen molar-refractivity contribution in [2.75, 3.05) is 7.11 Å². The monoisotopic (exact) mass is 497 g/mol. The molecule has 4 aliphatic carbocycles. The molecule has 1 heterocycles. The molecule has 0 saturated heterocycles. The Bertz CT molecular complexity index is 1310. The van der Waals surface area contributed by atoms with Gasteiger partial charge >= 0.3 is 5.97 Å². The molecule has 192 valence electrons. The van der Waals surface area contributed by atoms with E-state index in [0.29, 0.717) is 24.1 Å². The van der Waals surface area contributed by atoms with Gasteiger partial charge in [0.1, 0.15) is 11.5 Å². The first kappa shape index (κ1) is 24.0. The van der Waals surface area contributed by atoms with Gasteiger partial charge in [-0.15, -0.1) is 0 Å². The molecule has 0 atom stereocenters. The van der Waals surface area contributed by atoms with Crippen molar-refractivity contribution in [1.29, 1.82) is 0 Å². The number of carbonyl (C=O) groups is 2. The molecule has 4 bridgehead atoms. The number of H-pyrrole nitrogens is 1. The number of aromatic amines is 1. The number of amides is 1. The van der Waals surface area contributed by atoms with E-state index < -0.39 is 0 Å². The fourth-order valence-corrected chi connectivity index (χ4v) is 7.55. The summed E-state index contributed by atoms with van der Waals surface area (Å²) in [5, 5.41) is 3.52. The molecule has 6 nitrogen and oxygen atoms in total. The summed E-state index contributed by atoms with van der Waals surface area (Å²) in [5.41, 5.74) is 4.93. The number of ether oxygens (including phenoxy) is 1. The van der Waals surface area contributed by atoms with Crippen LogP contribution in [0.15, 0.2) is 48.5 Å². The number of rotatable bonds is 7. The van der Waals surface area contributed by atoms with E-state index in [1.807, 2.05) is 36.4 Å². The molecule has 6 heteroatoms. The lowest BCUT2D eigenvalue weighted by atomic mass is 9.53. The van der Waals surface area contributed by atoms with Gasteiger partial charge in [0.25, 0.3) is 5.91 Å². The molecule has 2 N–H and O–H groups in total. The topological polar surface area (TPSA) is 84.1 Å². The lowest BCUT2D eigenvalue weighted by molar-refractivity contribution is -0.0168. The smallest absolute Gasteiger partial charge is 0.337 e. The second kappa shape index (κ2) is 9.47. The summed E-state index contributed by atoms with van der Waals surface area (Å²) in [7, 11) is 1.39. The Morgan fingerprint density at radius 3 is 2.38 bits per heavy atom. The largest absolute Gasteiger partial charge is 0.465 e. The normalized spacial score (nSPS) is 25.7. The third-order valence-electron chi connectivity index (χ3n) is 8.82. The fraction of sp³-hybridized carbons (Fsp3) is 0.452. The molecule has 4 saturated carbocycles. The summed E-state index contributed by atoms with van der Waals surface area (Å²) in [5.74, 6) is 2.63. The Balaban J connectivity index is 1.28. The van der Waals surface area contributed by atoms with Gasteiger partial charge in [0.05, 0.1) is 18.4 Å². The summed E-state index contributed by atoms with van der Waals surface area (Å²) in [6.45, 7) is 2.06. The lowest BCUT2D eigenvalue weighted by Crippen LogP contribution is -2.60. The molecule has 3 aromatic rings. The third-order valence-corrected chi connectivity index (χ3v) is 8.82. The summed E-state index contributed by atoms with van der Waals surface area (Å²) in [6, 6.07) is 15.6. The van der Waals surface area contributed by atoms with Gasteiger partial charge in [-0.3, -0.25) is 4.79 Å². The van der Waals surface area contributed by atoms with Crippen LogP contribution in [0.4, 0.5) is 0 Å². The van der Waals surface area contributed by atoms with Gasteiger partial charge in [-0.2, -0.15) is 0 Å². The van der Waals surface area contributed by atoms with Crippen molar-refractivity contribution in [2.24, 2.45) is 17.8 Å². The SMILES string of the molecule is COC(=O)c1cccc(CCc2nc(-c3ccccc3C)[nH]c2C(=O)NC23CC4CC(CC(C4)C2)C3)c1. The van der Waals surface area contributed by atoms with E-state index in [0.717, 1.165) is 65.2 Å². The third kappa shape index (κ3) is 4.70. The molecule has 0 radical (unpaired) electrons.